The highest BCUT2D eigenvalue weighted by Crippen LogP contribution is 2.19. The van der Waals surface area contributed by atoms with E-state index in [1.165, 1.54) is 6.07 Å². The van der Waals surface area contributed by atoms with Gasteiger partial charge in [0.15, 0.2) is 0 Å². The average Bonchev–Trinajstić information content (AvgIpc) is 2.08. The molecule has 0 bridgehead atoms. The van der Waals surface area contributed by atoms with Gasteiger partial charge in [0.25, 0.3) is 0 Å². The van der Waals surface area contributed by atoms with Crippen LogP contribution in [0.25, 0.3) is 0 Å². The number of hydrogen-bond donors (Lipinski definition) is 1. The summed E-state index contributed by atoms with van der Waals surface area (Å²) in [5.74, 6) is -0.378. The van der Waals surface area contributed by atoms with Crippen molar-refractivity contribution in [1.82, 2.24) is 10.4 Å². The third-order valence-electron chi connectivity index (χ3n) is 1.90. The van der Waals surface area contributed by atoms with Gasteiger partial charge in [0.05, 0.1) is 5.02 Å². The van der Waals surface area contributed by atoms with Crippen LogP contribution < -0.4 is 5.43 Å². The predicted octanol–water partition coefficient (Wildman–Crippen LogP) is 2.61. The normalized spacial score (nSPS) is 13.3. The Bertz CT molecular complexity index is 315. The summed E-state index contributed by atoms with van der Waals surface area (Å²) in [6.45, 7) is 1.96. The number of hydrazine groups is 1. The number of benzene rings is 1. The highest BCUT2D eigenvalue weighted by molar-refractivity contribution is 6.30. The molecule has 0 aliphatic heterocycles. The molecule has 14 heavy (non-hydrogen) atoms. The van der Waals surface area contributed by atoms with Crippen LogP contribution >= 0.6 is 11.6 Å². The molecule has 1 unspecified atom stereocenters. The van der Waals surface area contributed by atoms with E-state index in [1.54, 1.807) is 6.07 Å². The van der Waals surface area contributed by atoms with Crippen LogP contribution in [0.1, 0.15) is 18.5 Å². The Morgan fingerprint density at radius 1 is 1.43 bits per heavy atom. The van der Waals surface area contributed by atoms with E-state index in [1.807, 2.05) is 32.1 Å². The molecule has 78 valence electrons. The molecule has 2 nitrogen and oxygen atoms in total. The molecular weight excluding hydrogens is 203 g/mol. The van der Waals surface area contributed by atoms with Crippen LogP contribution in [0.3, 0.4) is 0 Å². The predicted molar refractivity (Wildman–Crippen MR) is 56.6 cm³/mol. The van der Waals surface area contributed by atoms with Crippen molar-refractivity contribution in [1.29, 1.82) is 0 Å². The van der Waals surface area contributed by atoms with Gasteiger partial charge in [-0.3, -0.25) is 5.01 Å². The lowest BCUT2D eigenvalue weighted by Crippen LogP contribution is -2.32. The zero-order valence-electron chi connectivity index (χ0n) is 8.51. The van der Waals surface area contributed by atoms with E-state index in [9.17, 15) is 4.39 Å². The highest BCUT2D eigenvalue weighted by atomic mass is 35.5. The van der Waals surface area contributed by atoms with Crippen molar-refractivity contribution >= 4 is 11.6 Å². The summed E-state index contributed by atoms with van der Waals surface area (Å²) in [5.41, 5.74) is 4.00. The van der Waals surface area contributed by atoms with Gasteiger partial charge < -0.3 is 0 Å². The topological polar surface area (TPSA) is 15.3 Å². The van der Waals surface area contributed by atoms with Gasteiger partial charge in [0.1, 0.15) is 5.82 Å². The smallest absolute Gasteiger partial charge is 0.142 e. The molecular formula is C10H14ClFN2. The van der Waals surface area contributed by atoms with E-state index < -0.39 is 0 Å². The highest BCUT2D eigenvalue weighted by Gasteiger charge is 2.08. The summed E-state index contributed by atoms with van der Waals surface area (Å²) in [6, 6.07) is 4.90. The molecule has 0 aliphatic carbocycles. The zero-order chi connectivity index (χ0) is 10.7. The van der Waals surface area contributed by atoms with Crippen LogP contribution in [0.2, 0.25) is 5.02 Å². The minimum Gasteiger partial charge on any atom is -0.250 e. The second-order valence-electron chi connectivity index (χ2n) is 3.42. The standard InChI is InChI=1S/C10H14ClFN2/c1-7(13-14(2)3)8-4-5-9(11)10(12)6-8/h4-7,13H,1-3H3. The largest absolute Gasteiger partial charge is 0.250 e. The summed E-state index contributed by atoms with van der Waals surface area (Å²) in [5, 5.41) is 1.99. The van der Waals surface area contributed by atoms with Gasteiger partial charge in [0, 0.05) is 20.1 Å². The summed E-state index contributed by atoms with van der Waals surface area (Å²) < 4.78 is 13.1. The maximum absolute atomic E-state index is 13.1. The lowest BCUT2D eigenvalue weighted by molar-refractivity contribution is 0.252. The molecule has 0 fully saturated rings. The van der Waals surface area contributed by atoms with Gasteiger partial charge in [-0.2, -0.15) is 0 Å². The van der Waals surface area contributed by atoms with Crippen molar-refractivity contribution in [2.45, 2.75) is 13.0 Å². The fraction of sp³-hybridized carbons (Fsp3) is 0.400. The number of halogens is 2. The maximum atomic E-state index is 13.1. The van der Waals surface area contributed by atoms with Crippen LogP contribution in [0.15, 0.2) is 18.2 Å². The summed E-state index contributed by atoms with van der Waals surface area (Å²) in [4.78, 5) is 0. The van der Waals surface area contributed by atoms with E-state index >= 15 is 0 Å². The third kappa shape index (κ3) is 2.94. The fourth-order valence-electron chi connectivity index (χ4n) is 1.24. The lowest BCUT2D eigenvalue weighted by Gasteiger charge is -2.19. The number of nitrogens with one attached hydrogen (secondary N) is 1. The molecule has 0 heterocycles. The lowest BCUT2D eigenvalue weighted by atomic mass is 10.1. The Hall–Kier alpha value is -0.640. The maximum Gasteiger partial charge on any atom is 0.142 e. The Labute approximate surface area is 88.6 Å². The Morgan fingerprint density at radius 3 is 2.57 bits per heavy atom. The fourth-order valence-corrected chi connectivity index (χ4v) is 1.36. The zero-order valence-corrected chi connectivity index (χ0v) is 9.27. The van der Waals surface area contributed by atoms with Crippen LogP contribution in [0.5, 0.6) is 0 Å². The molecule has 0 aromatic heterocycles. The van der Waals surface area contributed by atoms with Gasteiger partial charge in [-0.15, -0.1) is 0 Å². The molecule has 0 saturated carbocycles. The van der Waals surface area contributed by atoms with Gasteiger partial charge in [-0.05, 0) is 24.6 Å². The first-order valence-corrected chi connectivity index (χ1v) is 4.77. The van der Waals surface area contributed by atoms with Gasteiger partial charge in [0.2, 0.25) is 0 Å². The number of nitrogens with zero attached hydrogens (tertiary/aromatic N) is 1. The second-order valence-corrected chi connectivity index (χ2v) is 3.83. The van der Waals surface area contributed by atoms with E-state index in [4.69, 9.17) is 11.6 Å². The minimum atomic E-state index is -0.378. The van der Waals surface area contributed by atoms with Crippen LogP contribution in [0.4, 0.5) is 4.39 Å². The number of hydrogen-bond acceptors (Lipinski definition) is 2. The molecule has 1 aromatic rings. The van der Waals surface area contributed by atoms with E-state index in [0.717, 1.165) is 5.56 Å². The van der Waals surface area contributed by atoms with Crippen molar-refractivity contribution in [2.75, 3.05) is 14.1 Å². The van der Waals surface area contributed by atoms with Crippen molar-refractivity contribution in [3.8, 4) is 0 Å². The molecule has 1 N–H and O–H groups in total. The van der Waals surface area contributed by atoms with E-state index in [0.29, 0.717) is 0 Å². The van der Waals surface area contributed by atoms with Crippen LogP contribution in [-0.2, 0) is 0 Å². The summed E-state index contributed by atoms with van der Waals surface area (Å²) in [7, 11) is 3.78. The third-order valence-corrected chi connectivity index (χ3v) is 2.20. The first kappa shape index (κ1) is 11.4. The van der Waals surface area contributed by atoms with Gasteiger partial charge in [-0.25, -0.2) is 9.82 Å². The molecule has 4 heteroatoms. The van der Waals surface area contributed by atoms with Crippen LogP contribution in [0, 0.1) is 5.82 Å². The minimum absolute atomic E-state index is 0.0665. The summed E-state index contributed by atoms with van der Waals surface area (Å²) in [6.07, 6.45) is 0. The molecule has 0 amide bonds. The number of rotatable bonds is 3. The SMILES string of the molecule is CC(NN(C)C)c1ccc(Cl)c(F)c1. The Kier molecular flexibility index (Phi) is 3.86. The van der Waals surface area contributed by atoms with E-state index in [2.05, 4.69) is 5.43 Å². The van der Waals surface area contributed by atoms with Crippen molar-refractivity contribution in [3.63, 3.8) is 0 Å². The monoisotopic (exact) mass is 216 g/mol. The molecule has 0 spiro atoms. The average molecular weight is 217 g/mol. The molecule has 0 radical (unpaired) electrons. The Balaban J connectivity index is 2.80. The van der Waals surface area contributed by atoms with Crippen molar-refractivity contribution in [3.05, 3.63) is 34.6 Å². The molecule has 1 aromatic carbocycles. The summed E-state index contributed by atoms with van der Waals surface area (Å²) >= 11 is 5.59. The van der Waals surface area contributed by atoms with Gasteiger partial charge >= 0.3 is 0 Å². The molecule has 1 atom stereocenters. The van der Waals surface area contributed by atoms with Crippen LogP contribution in [-0.4, -0.2) is 19.1 Å². The quantitative estimate of drug-likeness (QED) is 0.782. The molecule has 0 saturated heterocycles. The second kappa shape index (κ2) is 4.73. The van der Waals surface area contributed by atoms with E-state index in [-0.39, 0.29) is 16.9 Å². The first-order valence-electron chi connectivity index (χ1n) is 4.39. The van der Waals surface area contributed by atoms with Gasteiger partial charge in [-0.1, -0.05) is 17.7 Å². The first-order chi connectivity index (χ1) is 6.50. The van der Waals surface area contributed by atoms with Crippen molar-refractivity contribution in [2.24, 2.45) is 0 Å². The molecule has 0 aliphatic rings. The Morgan fingerprint density at radius 2 is 2.07 bits per heavy atom. The molecule has 1 rings (SSSR count). The van der Waals surface area contributed by atoms with Crippen molar-refractivity contribution < 1.29 is 4.39 Å².